The molecule has 0 spiro atoms. The van der Waals surface area contributed by atoms with Crippen molar-refractivity contribution in [2.45, 2.75) is 64.0 Å². The number of carbonyl (C=O) groups is 4. The molecule has 1 saturated carbocycles. The van der Waals surface area contributed by atoms with Gasteiger partial charge in [0, 0.05) is 6.42 Å². The standard InChI is InChI=1S/C15H25NO6S.C5H4O2/c1-4-12-5-7-13(8-6-12)15(18)22-16-11(3)14(9-10(2)17)23(19,20)21;6-4-1-2-5(7)3-4/h12-14,16H,3-9H2,1-2H3,(H,19,20,21);1-2H,3H2. The summed E-state index contributed by atoms with van der Waals surface area (Å²) in [5.41, 5.74) is 1.94. The average Bonchev–Trinajstić information content (AvgIpc) is 3.06. The summed E-state index contributed by atoms with van der Waals surface area (Å²) in [6.45, 7) is 6.76. The van der Waals surface area contributed by atoms with Crippen LogP contribution in [0.5, 0.6) is 0 Å². The molecule has 0 heterocycles. The zero-order chi connectivity index (χ0) is 22.9. The Morgan fingerprint density at radius 1 is 1.20 bits per heavy atom. The highest BCUT2D eigenvalue weighted by atomic mass is 32.2. The molecule has 168 valence electrons. The normalized spacial score (nSPS) is 22.0. The second kappa shape index (κ2) is 11.8. The Morgan fingerprint density at radius 3 is 2.10 bits per heavy atom. The number of nitrogens with one attached hydrogen (secondary N) is 1. The van der Waals surface area contributed by atoms with Crippen LogP contribution < -0.4 is 5.48 Å². The van der Waals surface area contributed by atoms with E-state index in [2.05, 4.69) is 19.0 Å². The van der Waals surface area contributed by atoms with Crippen molar-refractivity contribution in [3.8, 4) is 0 Å². The molecule has 0 bridgehead atoms. The topological polar surface area (TPSA) is 144 Å². The van der Waals surface area contributed by atoms with E-state index in [-0.39, 0.29) is 29.6 Å². The molecule has 2 rings (SSSR count). The highest BCUT2D eigenvalue weighted by molar-refractivity contribution is 7.86. The fraction of sp³-hybridized carbons (Fsp3) is 0.600. The molecule has 9 nitrogen and oxygen atoms in total. The van der Waals surface area contributed by atoms with Crippen molar-refractivity contribution in [3.63, 3.8) is 0 Å². The summed E-state index contributed by atoms with van der Waals surface area (Å²) < 4.78 is 31.7. The molecule has 0 amide bonds. The molecule has 10 heteroatoms. The quantitative estimate of drug-likeness (QED) is 0.327. The van der Waals surface area contributed by atoms with Gasteiger partial charge < -0.3 is 4.84 Å². The van der Waals surface area contributed by atoms with E-state index in [0.29, 0.717) is 5.92 Å². The fourth-order valence-electron chi connectivity index (χ4n) is 3.22. The first-order chi connectivity index (χ1) is 13.9. The van der Waals surface area contributed by atoms with Gasteiger partial charge in [0.2, 0.25) is 0 Å². The van der Waals surface area contributed by atoms with Crippen molar-refractivity contribution in [1.82, 2.24) is 5.48 Å². The number of Topliss-reactive ketones (excluding diaryl/α,β-unsaturated/α-hetero) is 1. The molecule has 1 fully saturated rings. The van der Waals surface area contributed by atoms with Crippen LogP contribution in [-0.4, -0.2) is 41.5 Å². The first-order valence-electron chi connectivity index (χ1n) is 9.79. The van der Waals surface area contributed by atoms with Gasteiger partial charge in [-0.15, -0.1) is 0 Å². The van der Waals surface area contributed by atoms with Crippen LogP contribution in [-0.2, 0) is 34.1 Å². The Morgan fingerprint density at radius 2 is 1.73 bits per heavy atom. The van der Waals surface area contributed by atoms with E-state index in [0.717, 1.165) is 32.1 Å². The average molecular weight is 444 g/mol. The van der Waals surface area contributed by atoms with Crippen LogP contribution in [0.15, 0.2) is 24.4 Å². The third kappa shape index (κ3) is 9.00. The number of allylic oxidation sites excluding steroid dienone is 2. The number of ketones is 3. The van der Waals surface area contributed by atoms with Gasteiger partial charge in [-0.1, -0.05) is 19.9 Å². The molecule has 1 unspecified atom stereocenters. The van der Waals surface area contributed by atoms with Gasteiger partial charge >= 0.3 is 5.97 Å². The van der Waals surface area contributed by atoms with Gasteiger partial charge in [-0.2, -0.15) is 8.42 Å². The molecule has 0 aromatic rings. The van der Waals surface area contributed by atoms with E-state index in [4.69, 9.17) is 9.39 Å². The Labute approximate surface area is 176 Å². The second-order valence-corrected chi connectivity index (χ2v) is 9.13. The van der Waals surface area contributed by atoms with Gasteiger partial charge in [-0.3, -0.25) is 18.9 Å². The van der Waals surface area contributed by atoms with Crippen molar-refractivity contribution in [3.05, 3.63) is 24.4 Å². The SMILES string of the molecule is C=C(NOC(=O)C1CCC(CC)CC1)C(CC(C)=O)S(=O)(=O)O.O=C1C=CC(=O)C1. The van der Waals surface area contributed by atoms with Crippen molar-refractivity contribution < 1.29 is 37.0 Å². The molecule has 0 aromatic carbocycles. The van der Waals surface area contributed by atoms with Crippen LogP contribution >= 0.6 is 0 Å². The van der Waals surface area contributed by atoms with E-state index < -0.39 is 33.5 Å². The molecule has 2 aliphatic rings. The molecular formula is C20H29NO8S. The van der Waals surface area contributed by atoms with E-state index in [1.165, 1.54) is 19.1 Å². The van der Waals surface area contributed by atoms with E-state index in [9.17, 15) is 27.6 Å². The number of hydrogen-bond acceptors (Lipinski definition) is 8. The maximum Gasteiger partial charge on any atom is 0.335 e. The van der Waals surface area contributed by atoms with Crippen LogP contribution in [0.25, 0.3) is 0 Å². The maximum atomic E-state index is 12.0. The monoisotopic (exact) mass is 443 g/mol. The van der Waals surface area contributed by atoms with Gasteiger partial charge in [-0.05, 0) is 50.7 Å². The van der Waals surface area contributed by atoms with Crippen LogP contribution in [0, 0.1) is 11.8 Å². The van der Waals surface area contributed by atoms with Crippen LogP contribution in [0.3, 0.4) is 0 Å². The third-order valence-corrected chi connectivity index (χ3v) is 6.24. The number of hydroxylamine groups is 1. The van der Waals surface area contributed by atoms with E-state index >= 15 is 0 Å². The zero-order valence-electron chi connectivity index (χ0n) is 17.3. The molecule has 0 aliphatic heterocycles. The van der Waals surface area contributed by atoms with Gasteiger partial charge in [0.1, 0.15) is 11.0 Å². The van der Waals surface area contributed by atoms with Crippen molar-refractivity contribution in [2.75, 3.05) is 0 Å². The molecule has 1 atom stereocenters. The molecule has 0 aromatic heterocycles. The fourth-order valence-corrected chi connectivity index (χ4v) is 4.07. The highest BCUT2D eigenvalue weighted by Gasteiger charge is 2.30. The van der Waals surface area contributed by atoms with Crippen molar-refractivity contribution in [2.24, 2.45) is 11.8 Å². The smallest absolute Gasteiger partial charge is 0.335 e. The van der Waals surface area contributed by atoms with Gasteiger partial charge in [0.05, 0.1) is 18.0 Å². The van der Waals surface area contributed by atoms with Gasteiger partial charge in [0.25, 0.3) is 10.1 Å². The molecule has 2 aliphatic carbocycles. The predicted molar refractivity (Wildman–Crippen MR) is 109 cm³/mol. The summed E-state index contributed by atoms with van der Waals surface area (Å²) in [7, 11) is -4.52. The summed E-state index contributed by atoms with van der Waals surface area (Å²) in [6, 6.07) is 0. The van der Waals surface area contributed by atoms with E-state index in [1.54, 1.807) is 0 Å². The number of carbonyl (C=O) groups excluding carboxylic acids is 4. The molecule has 0 radical (unpaired) electrons. The largest absolute Gasteiger partial charge is 0.343 e. The predicted octanol–water partition coefficient (Wildman–Crippen LogP) is 2.08. The summed E-state index contributed by atoms with van der Waals surface area (Å²) in [4.78, 5) is 48.3. The summed E-state index contributed by atoms with van der Waals surface area (Å²) in [6.07, 6.45) is 6.76. The third-order valence-electron chi connectivity index (χ3n) is 5.06. The van der Waals surface area contributed by atoms with Gasteiger partial charge in [0.15, 0.2) is 11.6 Å². The second-order valence-electron chi connectivity index (χ2n) is 7.53. The summed E-state index contributed by atoms with van der Waals surface area (Å²) in [5, 5.41) is -1.54. The molecular weight excluding hydrogens is 414 g/mol. The van der Waals surface area contributed by atoms with Crippen molar-refractivity contribution >= 4 is 33.4 Å². The van der Waals surface area contributed by atoms with Crippen LogP contribution in [0.1, 0.15) is 58.8 Å². The number of rotatable bonds is 8. The molecule has 2 N–H and O–H groups in total. The lowest BCUT2D eigenvalue weighted by atomic mass is 9.81. The first kappa shape index (κ1) is 25.7. The van der Waals surface area contributed by atoms with Crippen molar-refractivity contribution in [1.29, 1.82) is 0 Å². The Bertz CT molecular complexity index is 791. The lowest BCUT2D eigenvalue weighted by Gasteiger charge is -2.26. The minimum Gasteiger partial charge on any atom is -0.343 e. The lowest BCUT2D eigenvalue weighted by molar-refractivity contribution is -0.156. The number of hydrogen-bond donors (Lipinski definition) is 2. The molecule has 0 saturated heterocycles. The maximum absolute atomic E-state index is 12.0. The first-order valence-corrected chi connectivity index (χ1v) is 11.3. The summed E-state index contributed by atoms with van der Waals surface area (Å²) in [5.74, 6) is -0.649. The molecule has 30 heavy (non-hydrogen) atoms. The minimum atomic E-state index is -4.52. The Hall–Kier alpha value is -2.33. The van der Waals surface area contributed by atoms with Gasteiger partial charge in [-0.25, -0.2) is 10.3 Å². The lowest BCUT2D eigenvalue weighted by Crippen LogP contribution is -2.35. The van der Waals surface area contributed by atoms with Crippen LogP contribution in [0.4, 0.5) is 0 Å². The van der Waals surface area contributed by atoms with E-state index in [1.807, 2.05) is 0 Å². The Kier molecular flexibility index (Phi) is 10.1. The zero-order valence-corrected chi connectivity index (χ0v) is 18.1. The Balaban J connectivity index is 0.000000539. The summed E-state index contributed by atoms with van der Waals surface area (Å²) >= 11 is 0. The minimum absolute atomic E-state index is 0.0787. The van der Waals surface area contributed by atoms with Crippen LogP contribution in [0.2, 0.25) is 0 Å². The highest BCUT2D eigenvalue weighted by Crippen LogP contribution is 2.31.